The summed E-state index contributed by atoms with van der Waals surface area (Å²) in [5.41, 5.74) is 2.01. The van der Waals surface area contributed by atoms with Crippen molar-refractivity contribution in [2.45, 2.75) is 33.0 Å². The Morgan fingerprint density at radius 2 is 1.97 bits per heavy atom. The molecule has 8 heteroatoms. The van der Waals surface area contributed by atoms with Gasteiger partial charge in [-0.25, -0.2) is 9.78 Å². The highest BCUT2D eigenvalue weighted by molar-refractivity contribution is 5.74. The molecule has 0 spiro atoms. The van der Waals surface area contributed by atoms with Gasteiger partial charge in [-0.1, -0.05) is 18.2 Å². The minimum atomic E-state index is -0.109. The fraction of sp³-hybridized carbons (Fsp3) is 0.333. The molecule has 0 unspecified atom stereocenters. The number of aryl methyl sites for hydroxylation is 1. The van der Waals surface area contributed by atoms with Crippen molar-refractivity contribution in [2.75, 3.05) is 19.9 Å². The molecular weight excluding hydrogens is 408 g/mol. The van der Waals surface area contributed by atoms with Crippen molar-refractivity contribution < 1.29 is 19.0 Å². The summed E-state index contributed by atoms with van der Waals surface area (Å²) in [7, 11) is 0. The minimum Gasteiger partial charge on any atom is -0.494 e. The molecule has 2 aromatic carbocycles. The predicted molar refractivity (Wildman–Crippen MR) is 120 cm³/mol. The normalized spacial score (nSPS) is 11.9. The third-order valence-corrected chi connectivity index (χ3v) is 5.18. The predicted octanol–water partition coefficient (Wildman–Crippen LogP) is 3.81. The second kappa shape index (κ2) is 10.6. The Kier molecular flexibility index (Phi) is 7.12. The fourth-order valence-electron chi connectivity index (χ4n) is 3.53. The van der Waals surface area contributed by atoms with Crippen LogP contribution < -0.4 is 19.5 Å². The van der Waals surface area contributed by atoms with Crippen LogP contribution in [0.3, 0.4) is 0 Å². The van der Waals surface area contributed by atoms with Crippen molar-refractivity contribution in [2.24, 2.45) is 0 Å². The number of imidazole rings is 1. The highest BCUT2D eigenvalue weighted by Gasteiger charge is 2.16. The molecule has 8 nitrogen and oxygen atoms in total. The van der Waals surface area contributed by atoms with Crippen LogP contribution in [0.2, 0.25) is 0 Å². The number of amides is 2. The zero-order chi connectivity index (χ0) is 22.2. The maximum atomic E-state index is 13.0. The molecule has 168 valence electrons. The van der Waals surface area contributed by atoms with E-state index < -0.39 is 0 Å². The van der Waals surface area contributed by atoms with Crippen LogP contribution >= 0.6 is 0 Å². The van der Waals surface area contributed by atoms with Crippen LogP contribution in [0.1, 0.15) is 24.5 Å². The molecule has 0 bridgehead atoms. The van der Waals surface area contributed by atoms with Crippen molar-refractivity contribution in [3.05, 3.63) is 72.3 Å². The Morgan fingerprint density at radius 1 is 1.16 bits per heavy atom. The van der Waals surface area contributed by atoms with Gasteiger partial charge >= 0.3 is 6.03 Å². The molecule has 0 fully saturated rings. The first-order valence-corrected chi connectivity index (χ1v) is 10.8. The summed E-state index contributed by atoms with van der Waals surface area (Å²) < 4.78 is 18.3. The molecule has 0 radical (unpaired) electrons. The number of carbonyl (C=O) groups is 1. The monoisotopic (exact) mass is 436 g/mol. The lowest BCUT2D eigenvalue weighted by Gasteiger charge is -2.23. The number of hydrogen-bond donors (Lipinski definition) is 1. The van der Waals surface area contributed by atoms with Crippen molar-refractivity contribution in [1.29, 1.82) is 0 Å². The van der Waals surface area contributed by atoms with E-state index >= 15 is 0 Å². The number of aromatic nitrogens is 2. The highest BCUT2D eigenvalue weighted by Crippen LogP contribution is 2.32. The summed E-state index contributed by atoms with van der Waals surface area (Å²) in [6, 6.07) is 13.5. The van der Waals surface area contributed by atoms with Crippen LogP contribution in [0.5, 0.6) is 17.2 Å². The molecule has 2 amide bonds. The lowest BCUT2D eigenvalue weighted by atomic mass is 10.2. The minimum absolute atomic E-state index is 0.109. The van der Waals surface area contributed by atoms with Crippen molar-refractivity contribution in [1.82, 2.24) is 19.8 Å². The average Bonchev–Trinajstić information content (AvgIpc) is 3.50. The average molecular weight is 437 g/mol. The number of rotatable bonds is 10. The van der Waals surface area contributed by atoms with Gasteiger partial charge in [0, 0.05) is 38.6 Å². The van der Waals surface area contributed by atoms with Gasteiger partial charge in [-0.05, 0) is 48.7 Å². The molecular formula is C24H28N4O4. The first kappa shape index (κ1) is 21.5. The molecule has 0 aliphatic carbocycles. The van der Waals surface area contributed by atoms with E-state index in [1.54, 1.807) is 12.5 Å². The summed E-state index contributed by atoms with van der Waals surface area (Å²) in [5, 5.41) is 3.03. The second-order valence-corrected chi connectivity index (χ2v) is 7.50. The topological polar surface area (TPSA) is 77.9 Å². The lowest BCUT2D eigenvalue weighted by Crippen LogP contribution is -2.40. The zero-order valence-corrected chi connectivity index (χ0v) is 18.2. The maximum absolute atomic E-state index is 13.0. The van der Waals surface area contributed by atoms with Crippen LogP contribution in [0.4, 0.5) is 4.79 Å². The molecule has 0 saturated carbocycles. The Bertz CT molecular complexity index is 1010. The summed E-state index contributed by atoms with van der Waals surface area (Å²) >= 11 is 0. The number of ether oxygens (including phenoxy) is 3. The first-order valence-electron chi connectivity index (χ1n) is 10.8. The Hall–Kier alpha value is -3.68. The Balaban J connectivity index is 1.37. The molecule has 2 heterocycles. The van der Waals surface area contributed by atoms with Crippen LogP contribution in [0, 0.1) is 0 Å². The van der Waals surface area contributed by atoms with E-state index in [2.05, 4.69) is 10.3 Å². The van der Waals surface area contributed by atoms with Gasteiger partial charge in [-0.3, -0.25) is 0 Å². The molecule has 1 aliphatic rings. The molecule has 0 atom stereocenters. The number of benzene rings is 2. The van der Waals surface area contributed by atoms with Gasteiger partial charge in [0.2, 0.25) is 6.79 Å². The maximum Gasteiger partial charge on any atom is 0.317 e. The summed E-state index contributed by atoms with van der Waals surface area (Å²) in [4.78, 5) is 18.9. The van der Waals surface area contributed by atoms with Gasteiger partial charge in [-0.2, -0.15) is 0 Å². The molecule has 1 aromatic heterocycles. The quantitative estimate of drug-likeness (QED) is 0.523. The Labute approximate surface area is 187 Å². The molecule has 4 rings (SSSR count). The lowest BCUT2D eigenvalue weighted by molar-refractivity contribution is 0.174. The number of nitrogens with zero attached hydrogens (tertiary/aromatic N) is 3. The van der Waals surface area contributed by atoms with Crippen LogP contribution in [0.25, 0.3) is 0 Å². The third-order valence-electron chi connectivity index (χ3n) is 5.18. The van der Waals surface area contributed by atoms with Crippen molar-refractivity contribution >= 4 is 6.03 Å². The highest BCUT2D eigenvalue weighted by atomic mass is 16.7. The number of carbonyl (C=O) groups excluding carboxylic acids is 1. The van der Waals surface area contributed by atoms with Gasteiger partial charge in [0.15, 0.2) is 11.5 Å². The summed E-state index contributed by atoms with van der Waals surface area (Å²) in [6.07, 6.45) is 6.30. The summed E-state index contributed by atoms with van der Waals surface area (Å²) in [5.74, 6) is 2.27. The van der Waals surface area contributed by atoms with E-state index in [9.17, 15) is 4.79 Å². The van der Waals surface area contributed by atoms with E-state index in [0.29, 0.717) is 32.0 Å². The van der Waals surface area contributed by atoms with E-state index in [1.807, 2.05) is 65.1 Å². The van der Waals surface area contributed by atoms with Gasteiger partial charge in [0.25, 0.3) is 0 Å². The molecule has 3 aromatic rings. The standard InChI is InChI=1S/C24H28N4O4/c1-2-30-21-7-4-19(5-8-21)16-28(12-3-11-27-13-10-25-17-27)24(29)26-15-20-6-9-22-23(14-20)32-18-31-22/h4-10,13-14,17H,2-3,11-12,15-16,18H2,1H3,(H,26,29). The van der Waals surface area contributed by atoms with Crippen LogP contribution in [-0.4, -0.2) is 40.4 Å². The SMILES string of the molecule is CCOc1ccc(CN(CCCn2ccnc2)C(=O)NCc2ccc3c(c2)OCO3)cc1. The van der Waals surface area contributed by atoms with Crippen LogP contribution in [-0.2, 0) is 19.6 Å². The summed E-state index contributed by atoms with van der Waals surface area (Å²) in [6.45, 7) is 5.17. The van der Waals surface area contributed by atoms with E-state index in [0.717, 1.165) is 35.6 Å². The van der Waals surface area contributed by atoms with Gasteiger partial charge in [0.05, 0.1) is 12.9 Å². The van der Waals surface area contributed by atoms with Gasteiger partial charge < -0.3 is 29.0 Å². The zero-order valence-electron chi connectivity index (χ0n) is 18.2. The Morgan fingerprint density at radius 3 is 2.75 bits per heavy atom. The fourth-order valence-corrected chi connectivity index (χ4v) is 3.53. The second-order valence-electron chi connectivity index (χ2n) is 7.50. The van der Waals surface area contributed by atoms with E-state index in [4.69, 9.17) is 14.2 Å². The third kappa shape index (κ3) is 5.72. The number of nitrogens with one attached hydrogen (secondary N) is 1. The largest absolute Gasteiger partial charge is 0.494 e. The molecule has 0 saturated heterocycles. The number of urea groups is 1. The number of fused-ring (bicyclic) bond motifs is 1. The van der Waals surface area contributed by atoms with E-state index in [1.165, 1.54) is 0 Å². The first-order chi connectivity index (χ1) is 15.7. The number of hydrogen-bond acceptors (Lipinski definition) is 5. The smallest absolute Gasteiger partial charge is 0.317 e. The van der Waals surface area contributed by atoms with Crippen LogP contribution in [0.15, 0.2) is 61.2 Å². The van der Waals surface area contributed by atoms with Gasteiger partial charge in [-0.15, -0.1) is 0 Å². The van der Waals surface area contributed by atoms with Crippen molar-refractivity contribution in [3.8, 4) is 17.2 Å². The van der Waals surface area contributed by atoms with Gasteiger partial charge in [0.1, 0.15) is 5.75 Å². The molecule has 32 heavy (non-hydrogen) atoms. The van der Waals surface area contributed by atoms with Crippen molar-refractivity contribution in [3.63, 3.8) is 0 Å². The van der Waals surface area contributed by atoms with E-state index in [-0.39, 0.29) is 12.8 Å². The molecule has 1 aliphatic heterocycles. The molecule has 1 N–H and O–H groups in total.